The molecule has 0 spiro atoms. The van der Waals surface area contributed by atoms with Gasteiger partial charge in [-0.1, -0.05) is 6.42 Å². The molecule has 3 heteroatoms. The van der Waals surface area contributed by atoms with Gasteiger partial charge >= 0.3 is 0 Å². The minimum atomic E-state index is 0.737. The Kier molecular flexibility index (Phi) is 5.75. The molecule has 2 heterocycles. The van der Waals surface area contributed by atoms with Crippen LogP contribution in [0.25, 0.3) is 0 Å². The number of nitrogens with one attached hydrogen (secondary N) is 2. The van der Waals surface area contributed by atoms with Crippen LogP contribution in [0.4, 0.5) is 0 Å². The summed E-state index contributed by atoms with van der Waals surface area (Å²) in [7, 11) is 2.24. The summed E-state index contributed by atoms with van der Waals surface area (Å²) in [6.45, 7) is 6.21. The average molecular weight is 239 g/mol. The molecule has 0 aromatic carbocycles. The van der Waals surface area contributed by atoms with Crippen LogP contribution >= 0.6 is 0 Å². The van der Waals surface area contributed by atoms with E-state index in [9.17, 15) is 0 Å². The number of rotatable bonds is 5. The highest BCUT2D eigenvalue weighted by Gasteiger charge is 2.16. The smallest absolute Gasteiger partial charge is 0.0192 e. The SMILES string of the molecule is CN1CCC(CCNCC2CCCCN2)CC1. The van der Waals surface area contributed by atoms with E-state index in [4.69, 9.17) is 0 Å². The number of hydrogen-bond acceptors (Lipinski definition) is 3. The normalized spacial score (nSPS) is 28.4. The lowest BCUT2D eigenvalue weighted by Crippen LogP contribution is -2.42. The fourth-order valence-corrected chi connectivity index (χ4v) is 3.03. The maximum absolute atomic E-state index is 3.64. The molecule has 0 saturated carbocycles. The lowest BCUT2D eigenvalue weighted by molar-refractivity contribution is 0.211. The molecular weight excluding hydrogens is 210 g/mol. The Bertz CT molecular complexity index is 194. The summed E-state index contributed by atoms with van der Waals surface area (Å²) in [5.41, 5.74) is 0. The van der Waals surface area contributed by atoms with Crippen LogP contribution in [0.5, 0.6) is 0 Å². The van der Waals surface area contributed by atoms with Gasteiger partial charge < -0.3 is 15.5 Å². The maximum Gasteiger partial charge on any atom is 0.0192 e. The van der Waals surface area contributed by atoms with Crippen LogP contribution in [0.3, 0.4) is 0 Å². The summed E-state index contributed by atoms with van der Waals surface area (Å²) in [5, 5.41) is 7.23. The molecule has 1 unspecified atom stereocenters. The third-order valence-corrected chi connectivity index (χ3v) is 4.37. The van der Waals surface area contributed by atoms with Crippen molar-refractivity contribution in [3.8, 4) is 0 Å². The minimum Gasteiger partial charge on any atom is -0.315 e. The van der Waals surface area contributed by atoms with Gasteiger partial charge in [0.1, 0.15) is 0 Å². The van der Waals surface area contributed by atoms with Gasteiger partial charge in [0.05, 0.1) is 0 Å². The van der Waals surface area contributed by atoms with Gasteiger partial charge in [-0.2, -0.15) is 0 Å². The first kappa shape index (κ1) is 13.3. The lowest BCUT2D eigenvalue weighted by Gasteiger charge is -2.29. The summed E-state index contributed by atoms with van der Waals surface area (Å²) in [4.78, 5) is 2.45. The van der Waals surface area contributed by atoms with E-state index in [2.05, 4.69) is 22.6 Å². The predicted molar refractivity (Wildman–Crippen MR) is 73.3 cm³/mol. The van der Waals surface area contributed by atoms with Crippen LogP contribution < -0.4 is 10.6 Å². The van der Waals surface area contributed by atoms with E-state index in [1.165, 1.54) is 71.2 Å². The van der Waals surface area contributed by atoms with Crippen molar-refractivity contribution < 1.29 is 0 Å². The topological polar surface area (TPSA) is 27.3 Å². The zero-order valence-corrected chi connectivity index (χ0v) is 11.4. The zero-order valence-electron chi connectivity index (χ0n) is 11.4. The highest BCUT2D eigenvalue weighted by molar-refractivity contribution is 4.75. The minimum absolute atomic E-state index is 0.737. The Hall–Kier alpha value is -0.120. The Morgan fingerprint density at radius 2 is 2.00 bits per heavy atom. The van der Waals surface area contributed by atoms with Crippen molar-refractivity contribution in [3.05, 3.63) is 0 Å². The second kappa shape index (κ2) is 7.34. The van der Waals surface area contributed by atoms with Gasteiger partial charge in [-0.15, -0.1) is 0 Å². The van der Waals surface area contributed by atoms with Crippen LogP contribution in [0.1, 0.15) is 38.5 Å². The van der Waals surface area contributed by atoms with E-state index in [1.54, 1.807) is 0 Å². The van der Waals surface area contributed by atoms with Crippen LogP contribution in [-0.4, -0.2) is 50.7 Å². The average Bonchev–Trinajstić information content (AvgIpc) is 2.38. The molecule has 0 amide bonds. The van der Waals surface area contributed by atoms with Gasteiger partial charge in [-0.3, -0.25) is 0 Å². The largest absolute Gasteiger partial charge is 0.315 e. The van der Waals surface area contributed by atoms with Crippen molar-refractivity contribution >= 4 is 0 Å². The zero-order chi connectivity index (χ0) is 11.9. The molecule has 0 aromatic rings. The van der Waals surface area contributed by atoms with E-state index in [0.717, 1.165) is 12.0 Å². The van der Waals surface area contributed by atoms with Gasteiger partial charge in [0.25, 0.3) is 0 Å². The highest BCUT2D eigenvalue weighted by Crippen LogP contribution is 2.18. The quantitative estimate of drug-likeness (QED) is 0.711. The first-order valence-corrected chi connectivity index (χ1v) is 7.47. The van der Waals surface area contributed by atoms with Crippen molar-refractivity contribution in [2.75, 3.05) is 39.8 Å². The van der Waals surface area contributed by atoms with Crippen molar-refractivity contribution in [1.82, 2.24) is 15.5 Å². The van der Waals surface area contributed by atoms with Gasteiger partial charge in [-0.05, 0) is 71.2 Å². The molecule has 2 saturated heterocycles. The first-order chi connectivity index (χ1) is 8.34. The Morgan fingerprint density at radius 1 is 1.18 bits per heavy atom. The highest BCUT2D eigenvalue weighted by atomic mass is 15.1. The van der Waals surface area contributed by atoms with Crippen LogP contribution in [0.2, 0.25) is 0 Å². The second-order valence-corrected chi connectivity index (χ2v) is 5.89. The molecule has 0 aromatic heterocycles. The summed E-state index contributed by atoms with van der Waals surface area (Å²) in [6, 6.07) is 0.737. The molecular formula is C14H29N3. The fraction of sp³-hybridized carbons (Fsp3) is 1.00. The van der Waals surface area contributed by atoms with Crippen LogP contribution in [0, 0.1) is 5.92 Å². The van der Waals surface area contributed by atoms with Crippen molar-refractivity contribution in [3.63, 3.8) is 0 Å². The Labute approximate surface area is 106 Å². The van der Waals surface area contributed by atoms with Crippen molar-refractivity contribution in [2.45, 2.75) is 44.6 Å². The summed E-state index contributed by atoms with van der Waals surface area (Å²) in [6.07, 6.45) is 8.32. The van der Waals surface area contributed by atoms with Crippen molar-refractivity contribution in [1.29, 1.82) is 0 Å². The summed E-state index contributed by atoms with van der Waals surface area (Å²) >= 11 is 0. The standard InChI is InChI=1S/C14H29N3/c1-17-10-6-13(7-11-17)5-9-15-12-14-4-2-3-8-16-14/h13-16H,2-12H2,1H3. The number of nitrogens with zero attached hydrogens (tertiary/aromatic N) is 1. The fourth-order valence-electron chi connectivity index (χ4n) is 3.03. The second-order valence-electron chi connectivity index (χ2n) is 5.89. The monoisotopic (exact) mass is 239 g/mol. The molecule has 17 heavy (non-hydrogen) atoms. The summed E-state index contributed by atoms with van der Waals surface area (Å²) in [5.74, 6) is 0.970. The molecule has 2 rings (SSSR count). The van der Waals surface area contributed by atoms with Crippen LogP contribution in [0.15, 0.2) is 0 Å². The van der Waals surface area contributed by atoms with E-state index in [1.807, 2.05) is 0 Å². The first-order valence-electron chi connectivity index (χ1n) is 7.47. The predicted octanol–water partition coefficient (Wildman–Crippen LogP) is 1.45. The van der Waals surface area contributed by atoms with Gasteiger partial charge in [0.2, 0.25) is 0 Å². The maximum atomic E-state index is 3.64. The Balaban J connectivity index is 1.48. The number of likely N-dealkylation sites (tertiary alicyclic amines) is 1. The summed E-state index contributed by atoms with van der Waals surface area (Å²) < 4.78 is 0. The van der Waals surface area contributed by atoms with E-state index in [-0.39, 0.29) is 0 Å². The molecule has 0 radical (unpaired) electrons. The molecule has 2 aliphatic heterocycles. The lowest BCUT2D eigenvalue weighted by atomic mass is 9.94. The van der Waals surface area contributed by atoms with E-state index >= 15 is 0 Å². The molecule has 100 valence electrons. The molecule has 2 fully saturated rings. The molecule has 2 N–H and O–H groups in total. The molecule has 2 aliphatic rings. The van der Waals surface area contributed by atoms with E-state index in [0.29, 0.717) is 0 Å². The molecule has 1 atom stereocenters. The van der Waals surface area contributed by atoms with Gasteiger partial charge in [-0.25, -0.2) is 0 Å². The molecule has 0 bridgehead atoms. The third kappa shape index (κ3) is 4.94. The van der Waals surface area contributed by atoms with Gasteiger partial charge in [0, 0.05) is 12.6 Å². The molecule has 0 aliphatic carbocycles. The van der Waals surface area contributed by atoms with E-state index < -0.39 is 0 Å². The van der Waals surface area contributed by atoms with Crippen LogP contribution in [-0.2, 0) is 0 Å². The number of piperidine rings is 2. The van der Waals surface area contributed by atoms with Crippen molar-refractivity contribution in [2.24, 2.45) is 5.92 Å². The molecule has 3 nitrogen and oxygen atoms in total. The third-order valence-electron chi connectivity index (χ3n) is 4.37. The Morgan fingerprint density at radius 3 is 2.71 bits per heavy atom. The number of hydrogen-bond donors (Lipinski definition) is 2. The van der Waals surface area contributed by atoms with Gasteiger partial charge in [0.15, 0.2) is 0 Å².